The smallest absolute Gasteiger partial charge is 0.289 e. The Balaban J connectivity index is 1.75. The number of amides is 2. The molecule has 0 saturated carbocycles. The van der Waals surface area contributed by atoms with Crippen molar-refractivity contribution in [2.45, 2.75) is 32.1 Å². The molecule has 1 heterocycles. The van der Waals surface area contributed by atoms with Crippen LogP contribution in [-0.4, -0.2) is 34.5 Å². The minimum Gasteiger partial charge on any atom is -0.490 e. The fraction of sp³-hybridized carbons (Fsp3) is 0.333. The first-order chi connectivity index (χ1) is 13.9. The lowest BCUT2D eigenvalue weighted by atomic mass is 10.1. The number of thioether (sulfide) groups is 1. The normalized spacial score (nSPS) is 16.4. The summed E-state index contributed by atoms with van der Waals surface area (Å²) in [4.78, 5) is 26.4. The van der Waals surface area contributed by atoms with Gasteiger partial charge in [-0.3, -0.25) is 14.5 Å². The van der Waals surface area contributed by atoms with E-state index < -0.39 is 5.25 Å². The average molecular weight is 482 g/mol. The fourth-order valence-electron chi connectivity index (χ4n) is 3.04. The zero-order valence-corrected chi connectivity index (χ0v) is 18.5. The number of halogens is 2. The highest BCUT2D eigenvalue weighted by Crippen LogP contribution is 2.39. The Morgan fingerprint density at radius 3 is 2.41 bits per heavy atom. The van der Waals surface area contributed by atoms with Gasteiger partial charge >= 0.3 is 0 Å². The van der Waals surface area contributed by atoms with Gasteiger partial charge in [-0.2, -0.15) is 0 Å². The highest BCUT2D eigenvalue weighted by atomic mass is 79.9. The molecule has 1 aliphatic rings. The van der Waals surface area contributed by atoms with Gasteiger partial charge in [-0.1, -0.05) is 23.9 Å². The molecule has 1 aliphatic heterocycles. The molecule has 1 saturated heterocycles. The van der Waals surface area contributed by atoms with Crippen LogP contribution in [0.5, 0.6) is 11.5 Å². The highest BCUT2D eigenvalue weighted by Gasteiger charge is 2.39. The SMILES string of the molecule is CCOc1cc(C[C@@H]2SC(=O)N(Cc3ccc(F)cc3)C2=O)cc(Br)c1OCC. The Bertz CT molecular complexity index is 906. The third kappa shape index (κ3) is 5.11. The summed E-state index contributed by atoms with van der Waals surface area (Å²) in [6.45, 7) is 4.90. The first kappa shape index (κ1) is 21.6. The van der Waals surface area contributed by atoms with E-state index in [2.05, 4.69) is 15.9 Å². The second-order valence-corrected chi connectivity index (χ2v) is 8.41. The first-order valence-electron chi connectivity index (χ1n) is 9.27. The van der Waals surface area contributed by atoms with Crippen molar-refractivity contribution in [3.8, 4) is 11.5 Å². The van der Waals surface area contributed by atoms with Crippen LogP contribution in [0.1, 0.15) is 25.0 Å². The lowest BCUT2D eigenvalue weighted by Gasteiger charge is -2.16. The van der Waals surface area contributed by atoms with Gasteiger partial charge in [0.05, 0.1) is 29.5 Å². The lowest BCUT2D eigenvalue weighted by molar-refractivity contribution is -0.127. The third-order valence-corrected chi connectivity index (χ3v) is 6.00. The Morgan fingerprint density at radius 1 is 1.07 bits per heavy atom. The zero-order valence-electron chi connectivity index (χ0n) is 16.1. The Labute approximate surface area is 181 Å². The van der Waals surface area contributed by atoms with Crippen LogP contribution < -0.4 is 9.47 Å². The number of hydrogen-bond donors (Lipinski definition) is 0. The van der Waals surface area contributed by atoms with E-state index in [4.69, 9.17) is 9.47 Å². The van der Waals surface area contributed by atoms with Crippen molar-refractivity contribution in [1.29, 1.82) is 0 Å². The predicted octanol–water partition coefficient (Wildman–Crippen LogP) is 5.19. The summed E-state index contributed by atoms with van der Waals surface area (Å²) >= 11 is 4.52. The fourth-order valence-corrected chi connectivity index (χ4v) is 4.68. The van der Waals surface area contributed by atoms with Gasteiger partial charge in [-0.25, -0.2) is 4.39 Å². The van der Waals surface area contributed by atoms with Crippen LogP contribution in [0.3, 0.4) is 0 Å². The van der Waals surface area contributed by atoms with Gasteiger partial charge in [0.2, 0.25) is 5.91 Å². The molecule has 3 rings (SSSR count). The van der Waals surface area contributed by atoms with Gasteiger partial charge in [0, 0.05) is 0 Å². The number of carbonyl (C=O) groups excluding carboxylic acids is 2. The Kier molecular flexibility index (Phi) is 7.18. The van der Waals surface area contributed by atoms with Gasteiger partial charge in [0.1, 0.15) is 5.82 Å². The third-order valence-electron chi connectivity index (χ3n) is 4.34. The largest absolute Gasteiger partial charge is 0.490 e. The number of imide groups is 1. The molecule has 8 heteroatoms. The molecule has 1 fully saturated rings. The van der Waals surface area contributed by atoms with Crippen molar-refractivity contribution in [2.75, 3.05) is 13.2 Å². The van der Waals surface area contributed by atoms with Crippen LogP contribution >= 0.6 is 27.7 Å². The summed E-state index contributed by atoms with van der Waals surface area (Å²) < 4.78 is 25.1. The van der Waals surface area contributed by atoms with E-state index in [0.717, 1.165) is 21.8 Å². The van der Waals surface area contributed by atoms with Gasteiger partial charge in [-0.05, 0) is 71.6 Å². The molecule has 0 radical (unpaired) electrons. The molecule has 29 heavy (non-hydrogen) atoms. The minimum atomic E-state index is -0.512. The summed E-state index contributed by atoms with van der Waals surface area (Å²) in [6.07, 6.45) is 0.389. The number of ether oxygens (including phenoxy) is 2. The molecule has 2 amide bonds. The van der Waals surface area contributed by atoms with E-state index in [9.17, 15) is 14.0 Å². The molecule has 0 spiro atoms. The molecule has 2 aromatic carbocycles. The van der Waals surface area contributed by atoms with Gasteiger partial charge in [-0.15, -0.1) is 0 Å². The summed E-state index contributed by atoms with van der Waals surface area (Å²) in [5, 5.41) is -0.804. The van der Waals surface area contributed by atoms with Crippen molar-refractivity contribution in [3.63, 3.8) is 0 Å². The van der Waals surface area contributed by atoms with Crippen LogP contribution in [0.4, 0.5) is 9.18 Å². The maximum atomic E-state index is 13.1. The van der Waals surface area contributed by atoms with Gasteiger partial charge in [0.25, 0.3) is 5.24 Å². The van der Waals surface area contributed by atoms with Gasteiger partial charge < -0.3 is 9.47 Å². The van der Waals surface area contributed by atoms with Crippen molar-refractivity contribution in [2.24, 2.45) is 0 Å². The zero-order chi connectivity index (χ0) is 21.0. The molecular formula is C21H21BrFNO4S. The maximum absolute atomic E-state index is 13.1. The molecule has 0 aromatic heterocycles. The van der Waals surface area contributed by atoms with Crippen LogP contribution in [0.15, 0.2) is 40.9 Å². The molecule has 0 unspecified atom stereocenters. The van der Waals surface area contributed by atoms with Crippen molar-refractivity contribution < 1.29 is 23.5 Å². The number of benzene rings is 2. The predicted molar refractivity (Wildman–Crippen MR) is 114 cm³/mol. The Hall–Kier alpha value is -2.06. The quantitative estimate of drug-likeness (QED) is 0.518. The van der Waals surface area contributed by atoms with E-state index >= 15 is 0 Å². The molecular weight excluding hydrogens is 461 g/mol. The monoisotopic (exact) mass is 481 g/mol. The summed E-state index contributed by atoms with van der Waals surface area (Å²) in [5.74, 6) is 0.625. The van der Waals surface area contributed by atoms with E-state index in [-0.39, 0.29) is 23.5 Å². The van der Waals surface area contributed by atoms with Crippen LogP contribution in [0.25, 0.3) is 0 Å². The van der Waals surface area contributed by atoms with Gasteiger partial charge in [0.15, 0.2) is 11.5 Å². The Morgan fingerprint density at radius 2 is 1.76 bits per heavy atom. The molecule has 0 bridgehead atoms. The van der Waals surface area contributed by atoms with E-state index in [1.54, 1.807) is 12.1 Å². The molecule has 1 atom stereocenters. The van der Waals surface area contributed by atoms with Crippen molar-refractivity contribution in [1.82, 2.24) is 4.90 Å². The molecule has 2 aromatic rings. The maximum Gasteiger partial charge on any atom is 0.289 e. The van der Waals surface area contributed by atoms with E-state index in [1.165, 1.54) is 17.0 Å². The number of hydrogen-bond acceptors (Lipinski definition) is 5. The summed E-state index contributed by atoms with van der Waals surface area (Å²) in [6, 6.07) is 9.52. The number of nitrogens with zero attached hydrogens (tertiary/aromatic N) is 1. The second kappa shape index (κ2) is 9.63. The molecule has 5 nitrogen and oxygen atoms in total. The second-order valence-electron chi connectivity index (χ2n) is 6.40. The van der Waals surface area contributed by atoms with Crippen molar-refractivity contribution in [3.05, 3.63) is 57.8 Å². The highest BCUT2D eigenvalue weighted by molar-refractivity contribution is 9.10. The molecule has 154 valence electrons. The summed E-state index contributed by atoms with van der Waals surface area (Å²) in [5.41, 5.74) is 1.57. The number of carbonyl (C=O) groups is 2. The minimum absolute atomic E-state index is 0.138. The average Bonchev–Trinajstić information content (AvgIpc) is 2.94. The van der Waals surface area contributed by atoms with E-state index in [0.29, 0.717) is 36.7 Å². The van der Waals surface area contributed by atoms with Crippen LogP contribution in [-0.2, 0) is 17.8 Å². The van der Waals surface area contributed by atoms with Crippen LogP contribution in [0, 0.1) is 5.82 Å². The topological polar surface area (TPSA) is 55.8 Å². The molecule has 0 N–H and O–H groups in total. The summed E-state index contributed by atoms with van der Waals surface area (Å²) in [7, 11) is 0. The van der Waals surface area contributed by atoms with Crippen molar-refractivity contribution >= 4 is 38.8 Å². The van der Waals surface area contributed by atoms with Crippen LogP contribution in [0.2, 0.25) is 0 Å². The molecule has 0 aliphatic carbocycles. The van der Waals surface area contributed by atoms with E-state index in [1.807, 2.05) is 26.0 Å². The number of rotatable bonds is 8. The lowest BCUT2D eigenvalue weighted by Crippen LogP contribution is -2.31. The first-order valence-corrected chi connectivity index (χ1v) is 10.9. The standard InChI is InChI=1S/C21H21BrFNO4S/c1-3-27-17-10-14(9-16(22)19(17)28-4-2)11-18-20(25)24(21(26)29-18)12-13-5-7-15(23)8-6-13/h5-10,18H,3-4,11-12H2,1-2H3/t18-/m0/s1.